The molecule has 0 aliphatic carbocycles. The molecule has 2 aromatic rings. The van der Waals surface area contributed by atoms with Crippen LogP contribution < -0.4 is 0 Å². The maximum absolute atomic E-state index is 10.7. The first-order valence-electron chi connectivity index (χ1n) is 4.52. The Hall–Kier alpha value is -1.82. The van der Waals surface area contributed by atoms with Crippen molar-refractivity contribution < 1.29 is 9.90 Å². The molecule has 0 spiro atoms. The number of aryl methyl sites for hydroxylation is 1. The van der Waals surface area contributed by atoms with E-state index in [2.05, 4.69) is 10.1 Å². The lowest BCUT2D eigenvalue weighted by Crippen LogP contribution is -1.95. The number of nitrogens with zero attached hydrogens (tertiary/aromatic N) is 3. The van der Waals surface area contributed by atoms with E-state index in [0.29, 0.717) is 0 Å². The zero-order chi connectivity index (χ0) is 11.5. The molecule has 0 amide bonds. The van der Waals surface area contributed by atoms with E-state index in [1.54, 1.807) is 36.0 Å². The molecule has 0 radical (unpaired) electrons. The lowest BCUT2D eigenvalue weighted by Gasteiger charge is -2.00. The SMILES string of the molecule is Cn1ncnc1Sc1ccc(C(=O)O)cc1. The fourth-order valence-electron chi connectivity index (χ4n) is 1.15. The van der Waals surface area contributed by atoms with Crippen LogP contribution in [-0.2, 0) is 7.05 Å². The summed E-state index contributed by atoms with van der Waals surface area (Å²) in [6.07, 6.45) is 1.48. The number of carboxylic acids is 1. The normalized spacial score (nSPS) is 10.3. The van der Waals surface area contributed by atoms with Crippen LogP contribution in [0, 0.1) is 0 Å². The third-order valence-corrected chi connectivity index (χ3v) is 3.04. The number of hydrogen-bond acceptors (Lipinski definition) is 4. The van der Waals surface area contributed by atoms with Gasteiger partial charge in [-0.15, -0.1) is 0 Å². The maximum atomic E-state index is 10.7. The Kier molecular flexibility index (Phi) is 2.91. The zero-order valence-corrected chi connectivity index (χ0v) is 9.31. The van der Waals surface area contributed by atoms with Crippen molar-refractivity contribution in [1.29, 1.82) is 0 Å². The second-order valence-corrected chi connectivity index (χ2v) is 4.14. The minimum absolute atomic E-state index is 0.280. The zero-order valence-electron chi connectivity index (χ0n) is 8.49. The molecule has 0 bridgehead atoms. The second-order valence-electron chi connectivity index (χ2n) is 3.10. The van der Waals surface area contributed by atoms with Crippen molar-refractivity contribution >= 4 is 17.7 Å². The fourth-order valence-corrected chi connectivity index (χ4v) is 1.91. The van der Waals surface area contributed by atoms with Crippen LogP contribution in [-0.4, -0.2) is 25.8 Å². The van der Waals surface area contributed by atoms with Gasteiger partial charge in [0.05, 0.1) is 5.56 Å². The molecule has 16 heavy (non-hydrogen) atoms. The van der Waals surface area contributed by atoms with Crippen LogP contribution in [0.15, 0.2) is 40.6 Å². The Bertz CT molecular complexity index is 507. The van der Waals surface area contributed by atoms with Crippen molar-refractivity contribution in [3.8, 4) is 0 Å². The highest BCUT2D eigenvalue weighted by Gasteiger charge is 2.05. The maximum Gasteiger partial charge on any atom is 0.335 e. The van der Waals surface area contributed by atoms with E-state index in [9.17, 15) is 4.79 Å². The lowest BCUT2D eigenvalue weighted by molar-refractivity contribution is 0.0697. The van der Waals surface area contributed by atoms with E-state index < -0.39 is 5.97 Å². The average molecular weight is 235 g/mol. The molecule has 0 unspecified atom stereocenters. The molecule has 0 saturated carbocycles. The quantitative estimate of drug-likeness (QED) is 0.876. The van der Waals surface area contributed by atoms with E-state index in [0.717, 1.165) is 10.1 Å². The second kappa shape index (κ2) is 4.36. The first kappa shape index (κ1) is 10.7. The van der Waals surface area contributed by atoms with E-state index >= 15 is 0 Å². The van der Waals surface area contributed by atoms with Crippen molar-refractivity contribution in [1.82, 2.24) is 14.8 Å². The Morgan fingerprint density at radius 1 is 1.38 bits per heavy atom. The largest absolute Gasteiger partial charge is 0.478 e. The van der Waals surface area contributed by atoms with Crippen LogP contribution in [0.5, 0.6) is 0 Å². The molecule has 6 heteroatoms. The summed E-state index contributed by atoms with van der Waals surface area (Å²) < 4.78 is 1.66. The van der Waals surface area contributed by atoms with Gasteiger partial charge in [-0.05, 0) is 24.3 Å². The number of aromatic carboxylic acids is 1. The molecule has 0 saturated heterocycles. The number of aromatic nitrogens is 3. The van der Waals surface area contributed by atoms with Gasteiger partial charge in [-0.2, -0.15) is 5.10 Å². The molecular formula is C10H9N3O2S. The van der Waals surface area contributed by atoms with Gasteiger partial charge in [0.1, 0.15) is 6.33 Å². The monoisotopic (exact) mass is 235 g/mol. The third-order valence-electron chi connectivity index (χ3n) is 1.98. The van der Waals surface area contributed by atoms with Gasteiger partial charge in [0.2, 0.25) is 0 Å². The van der Waals surface area contributed by atoms with Gasteiger partial charge in [-0.25, -0.2) is 14.5 Å². The topological polar surface area (TPSA) is 68.0 Å². The lowest BCUT2D eigenvalue weighted by atomic mass is 10.2. The summed E-state index contributed by atoms with van der Waals surface area (Å²) in [5, 5.41) is 13.5. The van der Waals surface area contributed by atoms with Crippen LogP contribution in [0.2, 0.25) is 0 Å². The molecule has 0 aliphatic heterocycles. The molecular weight excluding hydrogens is 226 g/mol. The average Bonchev–Trinajstić information content (AvgIpc) is 2.65. The van der Waals surface area contributed by atoms with E-state index in [4.69, 9.17) is 5.11 Å². The highest BCUT2D eigenvalue weighted by Crippen LogP contribution is 2.25. The number of hydrogen-bond donors (Lipinski definition) is 1. The molecule has 2 rings (SSSR count). The summed E-state index contributed by atoms with van der Waals surface area (Å²) in [4.78, 5) is 15.6. The van der Waals surface area contributed by atoms with Gasteiger partial charge in [-0.3, -0.25) is 0 Å². The third kappa shape index (κ3) is 2.22. The first-order valence-corrected chi connectivity index (χ1v) is 5.33. The Morgan fingerprint density at radius 2 is 2.06 bits per heavy atom. The summed E-state index contributed by atoms with van der Waals surface area (Å²) in [5.41, 5.74) is 0.280. The highest BCUT2D eigenvalue weighted by molar-refractivity contribution is 7.99. The molecule has 0 atom stereocenters. The Balaban J connectivity index is 2.17. The summed E-state index contributed by atoms with van der Waals surface area (Å²) in [6.45, 7) is 0. The van der Waals surface area contributed by atoms with Crippen molar-refractivity contribution in [3.05, 3.63) is 36.2 Å². The molecule has 0 fully saturated rings. The standard InChI is InChI=1S/C10H9N3O2S/c1-13-10(11-6-12-13)16-8-4-2-7(3-5-8)9(14)15/h2-6H,1H3,(H,14,15). The Labute approximate surface area is 96.1 Å². The molecule has 1 aromatic heterocycles. The van der Waals surface area contributed by atoms with E-state index in [-0.39, 0.29) is 5.56 Å². The minimum atomic E-state index is -0.921. The summed E-state index contributed by atoms with van der Waals surface area (Å²) >= 11 is 1.44. The molecule has 5 nitrogen and oxygen atoms in total. The van der Waals surface area contributed by atoms with Gasteiger partial charge >= 0.3 is 5.97 Å². The van der Waals surface area contributed by atoms with E-state index in [1.807, 2.05) is 0 Å². The molecule has 1 heterocycles. The smallest absolute Gasteiger partial charge is 0.335 e. The summed E-state index contributed by atoms with van der Waals surface area (Å²) in [7, 11) is 1.81. The van der Waals surface area contributed by atoms with Crippen LogP contribution in [0.4, 0.5) is 0 Å². The Morgan fingerprint density at radius 3 is 2.56 bits per heavy atom. The molecule has 1 aromatic carbocycles. The first-order chi connectivity index (χ1) is 7.66. The number of rotatable bonds is 3. The summed E-state index contributed by atoms with van der Waals surface area (Å²) in [5.74, 6) is -0.921. The van der Waals surface area contributed by atoms with Crippen molar-refractivity contribution in [2.24, 2.45) is 7.05 Å². The van der Waals surface area contributed by atoms with Crippen LogP contribution in [0.1, 0.15) is 10.4 Å². The fraction of sp³-hybridized carbons (Fsp3) is 0.100. The van der Waals surface area contributed by atoms with Crippen LogP contribution >= 0.6 is 11.8 Å². The molecule has 82 valence electrons. The number of carboxylic acid groups (broad SMARTS) is 1. The van der Waals surface area contributed by atoms with Gasteiger partial charge < -0.3 is 5.11 Å². The van der Waals surface area contributed by atoms with Crippen LogP contribution in [0.25, 0.3) is 0 Å². The minimum Gasteiger partial charge on any atom is -0.478 e. The van der Waals surface area contributed by atoms with Crippen LogP contribution in [0.3, 0.4) is 0 Å². The van der Waals surface area contributed by atoms with Crippen molar-refractivity contribution in [2.45, 2.75) is 10.1 Å². The molecule has 1 N–H and O–H groups in total. The number of benzene rings is 1. The predicted octanol–water partition coefficient (Wildman–Crippen LogP) is 1.66. The highest BCUT2D eigenvalue weighted by atomic mass is 32.2. The van der Waals surface area contributed by atoms with Gasteiger partial charge in [0, 0.05) is 11.9 Å². The molecule has 0 aliphatic rings. The van der Waals surface area contributed by atoms with Gasteiger partial charge in [0.15, 0.2) is 5.16 Å². The van der Waals surface area contributed by atoms with E-state index in [1.165, 1.54) is 18.1 Å². The van der Waals surface area contributed by atoms with Crippen molar-refractivity contribution in [3.63, 3.8) is 0 Å². The van der Waals surface area contributed by atoms with Gasteiger partial charge in [0.25, 0.3) is 0 Å². The van der Waals surface area contributed by atoms with Gasteiger partial charge in [-0.1, -0.05) is 11.8 Å². The summed E-state index contributed by atoms with van der Waals surface area (Å²) in [6, 6.07) is 6.65. The van der Waals surface area contributed by atoms with Crippen molar-refractivity contribution in [2.75, 3.05) is 0 Å². The predicted molar refractivity (Wildman–Crippen MR) is 58.5 cm³/mol. The number of carbonyl (C=O) groups is 1.